The Morgan fingerprint density at radius 3 is 2.73 bits per heavy atom. The summed E-state index contributed by atoms with van der Waals surface area (Å²) in [6, 6.07) is 0. The average Bonchev–Trinajstić information content (AvgIpc) is 2.61. The van der Waals surface area contributed by atoms with E-state index in [1.54, 1.807) is 0 Å². The highest BCUT2D eigenvalue weighted by molar-refractivity contribution is 5.79. The van der Waals surface area contributed by atoms with Crippen molar-refractivity contribution in [1.29, 1.82) is 0 Å². The van der Waals surface area contributed by atoms with E-state index in [2.05, 4.69) is 5.32 Å². The first-order valence-corrected chi connectivity index (χ1v) is 4.25. The van der Waals surface area contributed by atoms with Gasteiger partial charge in [-0.3, -0.25) is 4.79 Å². The van der Waals surface area contributed by atoms with Gasteiger partial charge in [-0.1, -0.05) is 6.42 Å². The molecule has 62 valence electrons. The molecule has 2 aliphatic rings. The SMILES string of the molecule is O=C(NCC1CO1)C1CCC1. The number of amides is 1. The molecule has 1 N–H and O–H groups in total. The first kappa shape index (κ1) is 7.10. The summed E-state index contributed by atoms with van der Waals surface area (Å²) in [5.41, 5.74) is 0. The molecule has 0 aromatic carbocycles. The molecule has 0 bridgehead atoms. The highest BCUT2D eigenvalue weighted by atomic mass is 16.6. The second kappa shape index (κ2) is 2.81. The van der Waals surface area contributed by atoms with Crippen LogP contribution in [0.25, 0.3) is 0 Å². The van der Waals surface area contributed by atoms with E-state index in [0.29, 0.717) is 12.0 Å². The van der Waals surface area contributed by atoms with E-state index >= 15 is 0 Å². The zero-order valence-electron chi connectivity index (χ0n) is 6.51. The van der Waals surface area contributed by atoms with Crippen LogP contribution in [0.5, 0.6) is 0 Å². The number of hydrogen-bond donors (Lipinski definition) is 1. The van der Waals surface area contributed by atoms with Gasteiger partial charge in [0, 0.05) is 12.5 Å². The van der Waals surface area contributed by atoms with Gasteiger partial charge >= 0.3 is 0 Å². The molecule has 1 amide bonds. The normalized spacial score (nSPS) is 29.3. The maximum atomic E-state index is 11.2. The van der Waals surface area contributed by atoms with Crippen LogP contribution in [-0.2, 0) is 9.53 Å². The zero-order chi connectivity index (χ0) is 7.68. The van der Waals surface area contributed by atoms with Crippen molar-refractivity contribution in [2.75, 3.05) is 13.2 Å². The Morgan fingerprint density at radius 2 is 2.27 bits per heavy atom. The summed E-state index contributed by atoms with van der Waals surface area (Å²) < 4.78 is 4.98. The summed E-state index contributed by atoms with van der Waals surface area (Å²) in [6.45, 7) is 1.54. The quantitative estimate of drug-likeness (QED) is 0.596. The van der Waals surface area contributed by atoms with Crippen LogP contribution >= 0.6 is 0 Å². The molecule has 1 heterocycles. The fourth-order valence-electron chi connectivity index (χ4n) is 1.22. The lowest BCUT2D eigenvalue weighted by molar-refractivity contribution is -0.127. The van der Waals surface area contributed by atoms with Gasteiger partial charge in [0.1, 0.15) is 0 Å². The van der Waals surface area contributed by atoms with Crippen LogP contribution < -0.4 is 5.32 Å². The summed E-state index contributed by atoms with van der Waals surface area (Å²) in [6.07, 6.45) is 3.70. The second-order valence-corrected chi connectivity index (χ2v) is 3.33. The van der Waals surface area contributed by atoms with Gasteiger partial charge in [0.2, 0.25) is 5.91 Å². The lowest BCUT2D eigenvalue weighted by Gasteiger charge is -2.23. The fourth-order valence-corrected chi connectivity index (χ4v) is 1.22. The van der Waals surface area contributed by atoms with Crippen LogP contribution in [0.2, 0.25) is 0 Å². The van der Waals surface area contributed by atoms with Crippen molar-refractivity contribution in [3.63, 3.8) is 0 Å². The average molecular weight is 155 g/mol. The lowest BCUT2D eigenvalue weighted by atomic mass is 9.85. The molecule has 2 rings (SSSR count). The molecule has 0 radical (unpaired) electrons. The Labute approximate surface area is 66.1 Å². The molecule has 1 saturated carbocycles. The molecule has 3 nitrogen and oxygen atoms in total. The molecule has 0 aromatic rings. The summed E-state index contributed by atoms with van der Waals surface area (Å²) >= 11 is 0. The molecule has 1 aliphatic carbocycles. The molecule has 11 heavy (non-hydrogen) atoms. The third kappa shape index (κ3) is 1.71. The van der Waals surface area contributed by atoms with Gasteiger partial charge in [0.15, 0.2) is 0 Å². The minimum Gasteiger partial charge on any atom is -0.371 e. The smallest absolute Gasteiger partial charge is 0.223 e. The van der Waals surface area contributed by atoms with Crippen LogP contribution in [0, 0.1) is 5.92 Å². The molecule has 2 fully saturated rings. The predicted molar refractivity (Wildman–Crippen MR) is 40.1 cm³/mol. The van der Waals surface area contributed by atoms with E-state index in [4.69, 9.17) is 4.74 Å². The van der Waals surface area contributed by atoms with E-state index in [-0.39, 0.29) is 5.91 Å². The van der Waals surface area contributed by atoms with Gasteiger partial charge in [-0.2, -0.15) is 0 Å². The standard InChI is InChI=1S/C8H13NO2/c10-8(6-2-1-3-6)9-4-7-5-11-7/h6-7H,1-5H2,(H,9,10). The highest BCUT2D eigenvalue weighted by Crippen LogP contribution is 2.26. The number of hydrogen-bond acceptors (Lipinski definition) is 2. The van der Waals surface area contributed by atoms with Crippen LogP contribution in [0.1, 0.15) is 19.3 Å². The minimum atomic E-state index is 0.228. The number of carbonyl (C=O) groups excluding carboxylic acids is 1. The van der Waals surface area contributed by atoms with Crippen LogP contribution in [-0.4, -0.2) is 25.2 Å². The van der Waals surface area contributed by atoms with Crippen molar-refractivity contribution in [2.45, 2.75) is 25.4 Å². The molecular weight excluding hydrogens is 142 g/mol. The summed E-state index contributed by atoms with van der Waals surface area (Å²) in [5.74, 6) is 0.542. The van der Waals surface area contributed by atoms with E-state index in [0.717, 1.165) is 26.0 Å². The molecule has 0 aromatic heterocycles. The van der Waals surface area contributed by atoms with Crippen molar-refractivity contribution >= 4 is 5.91 Å². The first-order chi connectivity index (χ1) is 5.36. The van der Waals surface area contributed by atoms with Gasteiger partial charge < -0.3 is 10.1 Å². The van der Waals surface area contributed by atoms with Gasteiger partial charge in [0.25, 0.3) is 0 Å². The van der Waals surface area contributed by atoms with Gasteiger partial charge in [0.05, 0.1) is 12.7 Å². The van der Waals surface area contributed by atoms with E-state index < -0.39 is 0 Å². The van der Waals surface area contributed by atoms with Crippen LogP contribution in [0.15, 0.2) is 0 Å². The molecule has 1 aliphatic heterocycles. The molecule has 1 unspecified atom stereocenters. The number of ether oxygens (including phenoxy) is 1. The summed E-state index contributed by atoms with van der Waals surface area (Å²) in [7, 11) is 0. The van der Waals surface area contributed by atoms with Gasteiger partial charge in [-0.15, -0.1) is 0 Å². The van der Waals surface area contributed by atoms with E-state index in [1.165, 1.54) is 6.42 Å². The van der Waals surface area contributed by atoms with Crippen molar-refractivity contribution in [1.82, 2.24) is 5.32 Å². The largest absolute Gasteiger partial charge is 0.371 e. The third-order valence-electron chi connectivity index (χ3n) is 2.38. The molecule has 3 heteroatoms. The van der Waals surface area contributed by atoms with Crippen LogP contribution in [0.4, 0.5) is 0 Å². The molecule has 0 spiro atoms. The lowest BCUT2D eigenvalue weighted by Crippen LogP contribution is -2.36. The Hall–Kier alpha value is -0.570. The van der Waals surface area contributed by atoms with Crippen LogP contribution in [0.3, 0.4) is 0 Å². The van der Waals surface area contributed by atoms with Crippen molar-refractivity contribution < 1.29 is 9.53 Å². The number of epoxide rings is 1. The van der Waals surface area contributed by atoms with Crippen molar-refractivity contribution in [2.24, 2.45) is 5.92 Å². The maximum absolute atomic E-state index is 11.2. The zero-order valence-corrected chi connectivity index (χ0v) is 6.51. The van der Waals surface area contributed by atoms with Crippen molar-refractivity contribution in [3.8, 4) is 0 Å². The molecular formula is C8H13NO2. The Balaban J connectivity index is 1.63. The molecule has 1 atom stereocenters. The topological polar surface area (TPSA) is 41.6 Å². The Morgan fingerprint density at radius 1 is 1.55 bits per heavy atom. The predicted octanol–water partition coefficient (Wildman–Crippen LogP) is 0.301. The number of carbonyl (C=O) groups is 1. The molecule has 1 saturated heterocycles. The van der Waals surface area contributed by atoms with Crippen molar-refractivity contribution in [3.05, 3.63) is 0 Å². The second-order valence-electron chi connectivity index (χ2n) is 3.33. The number of rotatable bonds is 3. The summed E-state index contributed by atoms with van der Waals surface area (Å²) in [4.78, 5) is 11.2. The summed E-state index contributed by atoms with van der Waals surface area (Å²) in [5, 5.41) is 2.88. The first-order valence-electron chi connectivity index (χ1n) is 4.25. The van der Waals surface area contributed by atoms with Gasteiger partial charge in [-0.25, -0.2) is 0 Å². The highest BCUT2D eigenvalue weighted by Gasteiger charge is 2.28. The fraction of sp³-hybridized carbons (Fsp3) is 0.875. The minimum absolute atomic E-state index is 0.228. The maximum Gasteiger partial charge on any atom is 0.223 e. The number of nitrogens with one attached hydrogen (secondary N) is 1. The van der Waals surface area contributed by atoms with E-state index in [1.807, 2.05) is 0 Å². The van der Waals surface area contributed by atoms with Gasteiger partial charge in [-0.05, 0) is 12.8 Å². The monoisotopic (exact) mass is 155 g/mol. The Bertz CT molecular complexity index is 161. The van der Waals surface area contributed by atoms with E-state index in [9.17, 15) is 4.79 Å². The Kier molecular flexibility index (Phi) is 1.82. The third-order valence-corrected chi connectivity index (χ3v) is 2.38.